The third-order valence-corrected chi connectivity index (χ3v) is 4.94. The molecule has 0 unspecified atom stereocenters. The van der Waals surface area contributed by atoms with Crippen molar-refractivity contribution in [1.82, 2.24) is 9.97 Å². The number of aromatic nitrogens is 2. The van der Waals surface area contributed by atoms with E-state index in [9.17, 15) is 9.60 Å². The topological polar surface area (TPSA) is 61.3 Å². The molecule has 1 aliphatic rings. The number of rotatable bonds is 1. The van der Waals surface area contributed by atoms with E-state index in [1.54, 1.807) is 0 Å². The third-order valence-electron chi connectivity index (χ3n) is 4.65. The van der Waals surface area contributed by atoms with Crippen LogP contribution >= 0.6 is 11.6 Å². The van der Waals surface area contributed by atoms with Gasteiger partial charge in [0.25, 0.3) is 0 Å². The molecule has 4 aromatic rings. The van der Waals surface area contributed by atoms with Crippen molar-refractivity contribution in [3.8, 4) is 22.5 Å². The van der Waals surface area contributed by atoms with Crippen LogP contribution in [-0.2, 0) is 0 Å². The average molecular weight is 364 g/mol. The number of hydrogen-bond acceptors (Lipinski definition) is 3. The Balaban J connectivity index is 1.79. The molecule has 0 amide bonds. The van der Waals surface area contributed by atoms with Gasteiger partial charge in [-0.25, -0.2) is 9.37 Å². The van der Waals surface area contributed by atoms with E-state index in [0.29, 0.717) is 22.6 Å². The maximum Gasteiger partial charge on any atom is 0.144 e. The third kappa shape index (κ3) is 2.01. The molecule has 1 heterocycles. The number of imidazole rings is 1. The Labute approximate surface area is 152 Å². The Morgan fingerprint density at radius 3 is 2.50 bits per heavy atom. The van der Waals surface area contributed by atoms with E-state index in [-0.39, 0.29) is 5.02 Å². The first-order valence-corrected chi connectivity index (χ1v) is 8.35. The van der Waals surface area contributed by atoms with E-state index < -0.39 is 5.82 Å². The summed E-state index contributed by atoms with van der Waals surface area (Å²) in [6.45, 7) is 0. The molecule has 0 saturated carbocycles. The molecule has 26 heavy (non-hydrogen) atoms. The zero-order chi connectivity index (χ0) is 17.8. The van der Waals surface area contributed by atoms with Gasteiger partial charge in [-0.1, -0.05) is 59.2 Å². The van der Waals surface area contributed by atoms with Crippen molar-refractivity contribution in [3.63, 3.8) is 0 Å². The fourth-order valence-electron chi connectivity index (χ4n) is 3.52. The molecule has 0 saturated heterocycles. The van der Waals surface area contributed by atoms with Crippen LogP contribution in [-0.4, -0.2) is 20.9 Å². The van der Waals surface area contributed by atoms with E-state index in [2.05, 4.69) is 15.1 Å². The van der Waals surface area contributed by atoms with Crippen LogP contribution < -0.4 is 0 Å². The normalized spacial score (nSPS) is 14.0. The SMILES string of the molecule is O/N=C1\c2ccccc2-c2cccc(-c3nc4cc(F)c(Cl)cc4[nH]3)c21. The minimum atomic E-state index is -0.513. The van der Waals surface area contributed by atoms with Gasteiger partial charge in [-0.05, 0) is 17.2 Å². The lowest BCUT2D eigenvalue weighted by molar-refractivity contribution is 0.320. The molecule has 0 aliphatic heterocycles. The Hall–Kier alpha value is -3.18. The molecule has 0 bridgehead atoms. The second-order valence-electron chi connectivity index (χ2n) is 6.09. The lowest BCUT2D eigenvalue weighted by Gasteiger charge is -2.06. The van der Waals surface area contributed by atoms with Gasteiger partial charge in [-0.3, -0.25) is 0 Å². The molecule has 0 spiro atoms. The summed E-state index contributed by atoms with van der Waals surface area (Å²) in [4.78, 5) is 7.69. The Morgan fingerprint density at radius 2 is 1.69 bits per heavy atom. The van der Waals surface area contributed by atoms with Crippen LogP contribution in [0.15, 0.2) is 59.8 Å². The van der Waals surface area contributed by atoms with Crippen LogP contribution in [0.1, 0.15) is 11.1 Å². The summed E-state index contributed by atoms with van der Waals surface area (Å²) >= 11 is 5.87. The molecule has 6 heteroatoms. The molecule has 0 atom stereocenters. The van der Waals surface area contributed by atoms with Crippen LogP contribution in [0.3, 0.4) is 0 Å². The highest BCUT2D eigenvalue weighted by Gasteiger charge is 2.28. The minimum Gasteiger partial charge on any atom is -0.410 e. The first kappa shape index (κ1) is 15.1. The highest BCUT2D eigenvalue weighted by atomic mass is 35.5. The molecule has 126 valence electrons. The van der Waals surface area contributed by atoms with E-state index >= 15 is 0 Å². The number of oxime groups is 1. The van der Waals surface area contributed by atoms with Crippen molar-refractivity contribution in [2.45, 2.75) is 0 Å². The predicted molar refractivity (Wildman–Crippen MR) is 99.4 cm³/mol. The van der Waals surface area contributed by atoms with Gasteiger partial charge in [-0.15, -0.1) is 0 Å². The van der Waals surface area contributed by atoms with E-state index in [4.69, 9.17) is 11.6 Å². The smallest absolute Gasteiger partial charge is 0.144 e. The summed E-state index contributed by atoms with van der Waals surface area (Å²) in [5.74, 6) is 0.0491. The molecule has 0 fully saturated rings. The molecule has 3 aromatic carbocycles. The van der Waals surface area contributed by atoms with Gasteiger partial charge < -0.3 is 10.2 Å². The number of fused-ring (bicyclic) bond motifs is 4. The highest BCUT2D eigenvalue weighted by Crippen LogP contribution is 2.41. The molecular formula is C20H11ClFN3O. The molecule has 1 aliphatic carbocycles. The summed E-state index contributed by atoms with van der Waals surface area (Å²) in [6.07, 6.45) is 0. The van der Waals surface area contributed by atoms with E-state index in [1.807, 2.05) is 42.5 Å². The summed E-state index contributed by atoms with van der Waals surface area (Å²) in [6, 6.07) is 16.4. The molecule has 1 aromatic heterocycles. The van der Waals surface area contributed by atoms with Gasteiger partial charge in [0.15, 0.2) is 0 Å². The van der Waals surface area contributed by atoms with Crippen LogP contribution in [0.2, 0.25) is 5.02 Å². The van der Waals surface area contributed by atoms with E-state index in [0.717, 1.165) is 27.8 Å². The maximum atomic E-state index is 13.7. The Morgan fingerprint density at radius 1 is 0.962 bits per heavy atom. The van der Waals surface area contributed by atoms with Gasteiger partial charge in [0.2, 0.25) is 0 Å². The van der Waals surface area contributed by atoms with E-state index in [1.165, 1.54) is 12.1 Å². The van der Waals surface area contributed by atoms with Gasteiger partial charge in [0.1, 0.15) is 17.4 Å². The van der Waals surface area contributed by atoms with Crippen molar-refractivity contribution >= 4 is 28.3 Å². The van der Waals surface area contributed by atoms with Crippen molar-refractivity contribution in [2.75, 3.05) is 0 Å². The predicted octanol–water partition coefficient (Wildman–Crippen LogP) is 5.23. The second-order valence-corrected chi connectivity index (χ2v) is 6.50. The number of H-pyrrole nitrogens is 1. The average Bonchev–Trinajstić information content (AvgIpc) is 3.20. The van der Waals surface area contributed by atoms with Crippen LogP contribution in [0.25, 0.3) is 33.5 Å². The first-order valence-electron chi connectivity index (χ1n) is 7.97. The first-order chi connectivity index (χ1) is 12.7. The van der Waals surface area contributed by atoms with Gasteiger partial charge in [0, 0.05) is 22.8 Å². The van der Waals surface area contributed by atoms with Gasteiger partial charge >= 0.3 is 0 Å². The largest absolute Gasteiger partial charge is 0.410 e. The summed E-state index contributed by atoms with van der Waals surface area (Å²) in [7, 11) is 0. The number of hydrogen-bond donors (Lipinski definition) is 2. The zero-order valence-corrected chi connectivity index (χ0v) is 14.0. The van der Waals surface area contributed by atoms with Crippen LogP contribution in [0.5, 0.6) is 0 Å². The lowest BCUT2D eigenvalue weighted by Crippen LogP contribution is -2.01. The number of halogens is 2. The number of aromatic amines is 1. The van der Waals surface area contributed by atoms with Crippen LogP contribution in [0.4, 0.5) is 4.39 Å². The van der Waals surface area contributed by atoms with Crippen molar-refractivity contribution in [1.29, 1.82) is 0 Å². The highest BCUT2D eigenvalue weighted by molar-refractivity contribution is 6.31. The summed E-state index contributed by atoms with van der Waals surface area (Å²) in [5.41, 5.74) is 6.02. The Kier molecular flexibility index (Phi) is 3.14. The molecule has 2 N–H and O–H groups in total. The van der Waals surface area contributed by atoms with Gasteiger partial charge in [0.05, 0.1) is 16.1 Å². The molecule has 0 radical (unpaired) electrons. The quantitative estimate of drug-likeness (QED) is 0.316. The number of nitrogens with zero attached hydrogens (tertiary/aromatic N) is 2. The van der Waals surface area contributed by atoms with Crippen molar-refractivity contribution in [3.05, 3.63) is 76.6 Å². The zero-order valence-electron chi connectivity index (χ0n) is 13.3. The van der Waals surface area contributed by atoms with Crippen LogP contribution in [0, 0.1) is 5.82 Å². The van der Waals surface area contributed by atoms with Crippen molar-refractivity contribution in [2.24, 2.45) is 5.16 Å². The summed E-state index contributed by atoms with van der Waals surface area (Å²) in [5, 5.41) is 13.2. The fourth-order valence-corrected chi connectivity index (χ4v) is 3.69. The second kappa shape index (κ2) is 5.41. The summed E-state index contributed by atoms with van der Waals surface area (Å²) < 4.78 is 13.7. The van der Waals surface area contributed by atoms with Gasteiger partial charge in [-0.2, -0.15) is 0 Å². The fraction of sp³-hybridized carbons (Fsp3) is 0. The minimum absolute atomic E-state index is 0.0380. The lowest BCUT2D eigenvalue weighted by atomic mass is 10.00. The molecule has 5 rings (SSSR count). The standard InChI is InChI=1S/C20H11ClFN3O/c21-14-8-16-17(9-15(14)22)24-20(23-16)13-7-3-6-11-10-4-1-2-5-12(10)19(25-26)18(11)13/h1-9,26H,(H,23,24)/b25-19+. The number of nitrogens with one attached hydrogen (secondary N) is 1. The maximum absolute atomic E-state index is 13.7. The Bertz CT molecular complexity index is 1190. The monoisotopic (exact) mass is 363 g/mol. The van der Waals surface area contributed by atoms with Crippen molar-refractivity contribution < 1.29 is 9.60 Å². The molecule has 4 nitrogen and oxygen atoms in total. The molecular weight excluding hydrogens is 353 g/mol. The number of benzene rings is 3.